The number of hydrogen-bond donors (Lipinski definition) is 0. The maximum absolute atomic E-state index is 5.20. The lowest BCUT2D eigenvalue weighted by molar-refractivity contribution is 0.399. The SMILES string of the molecule is Cc1cc(-c2nnn3c2nc(N(C)Cc2cn(C)nn2)c2ccccc23)no1. The van der Waals surface area contributed by atoms with Crippen LogP contribution >= 0.6 is 0 Å². The Bertz CT molecular complexity index is 1300. The van der Waals surface area contributed by atoms with Crippen LogP contribution in [-0.4, -0.2) is 47.0 Å². The molecule has 0 spiro atoms. The first-order valence-corrected chi connectivity index (χ1v) is 8.74. The van der Waals surface area contributed by atoms with Gasteiger partial charge in [0.2, 0.25) is 0 Å². The summed E-state index contributed by atoms with van der Waals surface area (Å²) in [7, 11) is 3.82. The van der Waals surface area contributed by atoms with Crippen LogP contribution < -0.4 is 4.90 Å². The van der Waals surface area contributed by atoms with E-state index in [1.54, 1.807) is 9.20 Å². The molecule has 10 heteroatoms. The Balaban J connectivity index is 1.70. The topological polar surface area (TPSA) is 103 Å². The van der Waals surface area contributed by atoms with Crippen LogP contribution in [0.15, 0.2) is 41.1 Å². The van der Waals surface area contributed by atoms with E-state index >= 15 is 0 Å². The van der Waals surface area contributed by atoms with E-state index in [2.05, 4.69) is 25.8 Å². The molecule has 4 heterocycles. The molecule has 0 saturated heterocycles. The van der Waals surface area contributed by atoms with Crippen LogP contribution in [0, 0.1) is 6.92 Å². The summed E-state index contributed by atoms with van der Waals surface area (Å²) in [5.74, 6) is 1.51. The van der Waals surface area contributed by atoms with Crippen molar-refractivity contribution in [2.45, 2.75) is 13.5 Å². The number of hydrogen-bond acceptors (Lipinski definition) is 8. The number of anilines is 1. The smallest absolute Gasteiger partial charge is 0.188 e. The average molecular weight is 375 g/mol. The first-order chi connectivity index (χ1) is 13.6. The number of nitrogens with zero attached hydrogens (tertiary/aromatic N) is 9. The number of fused-ring (bicyclic) bond motifs is 3. The van der Waals surface area contributed by atoms with Crippen molar-refractivity contribution < 1.29 is 4.52 Å². The van der Waals surface area contributed by atoms with E-state index in [4.69, 9.17) is 9.51 Å². The first-order valence-electron chi connectivity index (χ1n) is 8.74. The van der Waals surface area contributed by atoms with Crippen molar-refractivity contribution in [2.24, 2.45) is 7.05 Å². The van der Waals surface area contributed by atoms with Crippen molar-refractivity contribution in [3.8, 4) is 11.4 Å². The third kappa shape index (κ3) is 2.57. The Labute approximate surface area is 159 Å². The van der Waals surface area contributed by atoms with Gasteiger partial charge in [-0.05, 0) is 19.1 Å². The normalized spacial score (nSPS) is 11.5. The van der Waals surface area contributed by atoms with Crippen LogP contribution in [-0.2, 0) is 13.6 Å². The van der Waals surface area contributed by atoms with Crippen molar-refractivity contribution in [1.29, 1.82) is 0 Å². The first kappa shape index (κ1) is 16.4. The van der Waals surface area contributed by atoms with Gasteiger partial charge in [-0.25, -0.2) is 4.98 Å². The Morgan fingerprint density at radius 3 is 2.75 bits per heavy atom. The molecule has 0 unspecified atom stereocenters. The Morgan fingerprint density at radius 1 is 1.14 bits per heavy atom. The molecule has 10 nitrogen and oxygen atoms in total. The summed E-state index contributed by atoms with van der Waals surface area (Å²) in [6.07, 6.45) is 1.89. The zero-order valence-corrected chi connectivity index (χ0v) is 15.6. The lowest BCUT2D eigenvalue weighted by Crippen LogP contribution is -2.19. The minimum atomic E-state index is 0.570. The molecule has 140 valence electrons. The fraction of sp³-hybridized carbons (Fsp3) is 0.222. The van der Waals surface area contributed by atoms with Crippen LogP contribution in [0.2, 0.25) is 0 Å². The molecule has 0 atom stereocenters. The Morgan fingerprint density at radius 2 is 2.00 bits per heavy atom. The molecule has 5 rings (SSSR count). The Hall–Kier alpha value is -3.82. The molecule has 0 aliphatic rings. The van der Waals surface area contributed by atoms with Gasteiger partial charge in [0.25, 0.3) is 0 Å². The van der Waals surface area contributed by atoms with E-state index in [0.717, 1.165) is 22.4 Å². The summed E-state index contributed by atoms with van der Waals surface area (Å²) in [5.41, 5.74) is 3.57. The van der Waals surface area contributed by atoms with Crippen LogP contribution in [0.4, 0.5) is 5.82 Å². The molecule has 0 bridgehead atoms. The lowest BCUT2D eigenvalue weighted by atomic mass is 10.2. The lowest BCUT2D eigenvalue weighted by Gasteiger charge is -2.19. The number of rotatable bonds is 4. The van der Waals surface area contributed by atoms with Gasteiger partial charge in [-0.2, -0.15) is 4.52 Å². The van der Waals surface area contributed by atoms with E-state index in [1.807, 2.05) is 62.4 Å². The molecule has 4 aromatic heterocycles. The third-order valence-electron chi connectivity index (χ3n) is 4.51. The predicted octanol–water partition coefficient (Wildman–Crippen LogP) is 2.01. The molecular formula is C18H17N9O. The molecular weight excluding hydrogens is 358 g/mol. The quantitative estimate of drug-likeness (QED) is 0.470. The third-order valence-corrected chi connectivity index (χ3v) is 4.51. The zero-order valence-electron chi connectivity index (χ0n) is 15.6. The second kappa shape index (κ2) is 6.12. The molecule has 0 saturated carbocycles. The average Bonchev–Trinajstić information content (AvgIpc) is 3.40. The van der Waals surface area contributed by atoms with Gasteiger partial charge in [0.05, 0.1) is 12.1 Å². The summed E-state index contributed by atoms with van der Waals surface area (Å²) >= 11 is 0. The number of benzene rings is 1. The van der Waals surface area contributed by atoms with E-state index in [-0.39, 0.29) is 0 Å². The van der Waals surface area contributed by atoms with Crippen LogP contribution in [0.3, 0.4) is 0 Å². The van der Waals surface area contributed by atoms with Crippen molar-refractivity contribution in [3.63, 3.8) is 0 Å². The van der Waals surface area contributed by atoms with E-state index in [9.17, 15) is 0 Å². The number of aromatic nitrogens is 8. The highest BCUT2D eigenvalue weighted by atomic mass is 16.5. The molecule has 28 heavy (non-hydrogen) atoms. The van der Waals surface area contributed by atoms with Gasteiger partial charge in [0.1, 0.15) is 23.0 Å². The second-order valence-electron chi connectivity index (χ2n) is 6.69. The van der Waals surface area contributed by atoms with Gasteiger partial charge < -0.3 is 9.42 Å². The molecule has 5 aromatic rings. The fourth-order valence-electron chi connectivity index (χ4n) is 3.27. The summed E-state index contributed by atoms with van der Waals surface area (Å²) in [5, 5.41) is 21.8. The maximum atomic E-state index is 5.20. The standard InChI is InChI=1S/C18H17N9O/c1-11-8-14(22-28-11)16-18-19-17(25(2)9-12-10-26(3)23-20-12)13-6-4-5-7-15(13)27(18)24-21-16/h4-8,10H,9H2,1-3H3. The molecule has 0 aliphatic carbocycles. The summed E-state index contributed by atoms with van der Waals surface area (Å²) < 4.78 is 8.62. The maximum Gasteiger partial charge on any atom is 0.188 e. The van der Waals surface area contributed by atoms with Crippen molar-refractivity contribution >= 4 is 22.4 Å². The van der Waals surface area contributed by atoms with Gasteiger partial charge in [-0.1, -0.05) is 27.7 Å². The highest BCUT2D eigenvalue weighted by Gasteiger charge is 2.20. The number of aryl methyl sites for hydroxylation is 2. The highest BCUT2D eigenvalue weighted by Crippen LogP contribution is 2.29. The molecule has 0 aliphatic heterocycles. The van der Waals surface area contributed by atoms with E-state index in [0.29, 0.717) is 29.3 Å². The predicted molar refractivity (Wildman–Crippen MR) is 102 cm³/mol. The van der Waals surface area contributed by atoms with Gasteiger partial charge in [0.15, 0.2) is 11.3 Å². The largest absolute Gasteiger partial charge is 0.361 e. The molecule has 1 aromatic carbocycles. The van der Waals surface area contributed by atoms with Gasteiger partial charge in [-0.3, -0.25) is 4.68 Å². The Kier molecular flexibility index (Phi) is 3.57. The van der Waals surface area contributed by atoms with Crippen molar-refractivity contribution in [3.05, 3.63) is 48.0 Å². The number of para-hydroxylation sites is 1. The minimum absolute atomic E-state index is 0.570. The summed E-state index contributed by atoms with van der Waals surface area (Å²) in [6.45, 7) is 2.41. The van der Waals surface area contributed by atoms with Crippen molar-refractivity contribution in [2.75, 3.05) is 11.9 Å². The second-order valence-corrected chi connectivity index (χ2v) is 6.69. The zero-order chi connectivity index (χ0) is 19.3. The molecule has 0 N–H and O–H groups in total. The van der Waals surface area contributed by atoms with Gasteiger partial charge in [-0.15, -0.1) is 10.2 Å². The van der Waals surface area contributed by atoms with Gasteiger partial charge in [0, 0.05) is 31.7 Å². The summed E-state index contributed by atoms with van der Waals surface area (Å²) in [6, 6.07) is 9.79. The van der Waals surface area contributed by atoms with Crippen LogP contribution in [0.1, 0.15) is 11.5 Å². The van der Waals surface area contributed by atoms with Crippen LogP contribution in [0.25, 0.3) is 27.9 Å². The monoisotopic (exact) mass is 375 g/mol. The molecule has 0 fully saturated rings. The van der Waals surface area contributed by atoms with Gasteiger partial charge >= 0.3 is 0 Å². The molecule has 0 radical (unpaired) electrons. The van der Waals surface area contributed by atoms with E-state index < -0.39 is 0 Å². The minimum Gasteiger partial charge on any atom is -0.361 e. The van der Waals surface area contributed by atoms with E-state index in [1.165, 1.54) is 0 Å². The highest BCUT2D eigenvalue weighted by molar-refractivity contribution is 5.93. The molecule has 0 amide bonds. The van der Waals surface area contributed by atoms with Crippen LogP contribution in [0.5, 0.6) is 0 Å². The summed E-state index contributed by atoms with van der Waals surface area (Å²) in [4.78, 5) is 6.92. The fourth-order valence-corrected chi connectivity index (χ4v) is 3.27. The van der Waals surface area contributed by atoms with Crippen molar-refractivity contribution in [1.82, 2.24) is 40.0 Å².